The molecule has 0 aliphatic rings. The topological polar surface area (TPSA) is 149 Å². The standard InChI is InChI=1S/C16H10O8.Sc/c17-13(18)9-6-8(7-4-2-1-3-5-7)10(14(19)20)12(16(23)24)11(9)15(21)22;/h1-6H,(H,17,18)(H,19,20)(H,21,22)(H,23,24);. The molecule has 0 amide bonds. The van der Waals surface area contributed by atoms with Gasteiger partial charge in [-0.2, -0.15) is 0 Å². The summed E-state index contributed by atoms with van der Waals surface area (Å²) >= 11 is 0. The van der Waals surface area contributed by atoms with E-state index in [1.807, 2.05) is 0 Å². The minimum absolute atomic E-state index is 0. The first-order chi connectivity index (χ1) is 11.3. The van der Waals surface area contributed by atoms with E-state index in [0.717, 1.165) is 6.07 Å². The molecular weight excluding hydrogens is 365 g/mol. The Labute approximate surface area is 159 Å². The summed E-state index contributed by atoms with van der Waals surface area (Å²) in [6.45, 7) is 0. The van der Waals surface area contributed by atoms with E-state index in [4.69, 9.17) is 0 Å². The molecule has 2 aromatic carbocycles. The average molecular weight is 375 g/mol. The van der Waals surface area contributed by atoms with E-state index in [9.17, 15) is 39.6 Å². The Morgan fingerprint density at radius 3 is 1.52 bits per heavy atom. The fourth-order valence-electron chi connectivity index (χ4n) is 2.36. The maximum Gasteiger partial charge on any atom is 0.337 e. The summed E-state index contributed by atoms with van der Waals surface area (Å²) in [4.78, 5) is 45.8. The number of hydrogen-bond acceptors (Lipinski definition) is 4. The molecule has 0 saturated carbocycles. The van der Waals surface area contributed by atoms with Crippen LogP contribution < -0.4 is 0 Å². The monoisotopic (exact) mass is 375 g/mol. The molecule has 0 atom stereocenters. The Balaban J connectivity index is 0.00000312. The number of carboxylic acid groups (broad SMARTS) is 4. The molecule has 0 aliphatic heterocycles. The number of benzene rings is 2. The number of hydrogen-bond donors (Lipinski definition) is 4. The Hall–Kier alpha value is -2.81. The molecule has 0 bridgehead atoms. The van der Waals surface area contributed by atoms with Gasteiger partial charge in [-0.1, -0.05) is 30.3 Å². The minimum Gasteiger partial charge on any atom is -0.478 e. The Morgan fingerprint density at radius 1 is 0.640 bits per heavy atom. The number of carboxylic acids is 4. The van der Waals surface area contributed by atoms with Crippen molar-refractivity contribution in [2.24, 2.45) is 0 Å². The van der Waals surface area contributed by atoms with Crippen LogP contribution in [0.2, 0.25) is 0 Å². The van der Waals surface area contributed by atoms with Crippen LogP contribution in [0.1, 0.15) is 41.4 Å². The second-order valence-corrected chi connectivity index (χ2v) is 4.68. The quantitative estimate of drug-likeness (QED) is 0.621. The van der Waals surface area contributed by atoms with Gasteiger partial charge in [0.15, 0.2) is 0 Å². The van der Waals surface area contributed by atoms with Crippen molar-refractivity contribution in [2.45, 2.75) is 0 Å². The minimum atomic E-state index is -1.84. The SMILES string of the molecule is O=C(O)c1cc(-c2ccccc2)c(C(=O)O)c(C(=O)O)c1C(=O)O.[Sc]. The maximum atomic E-state index is 11.6. The summed E-state index contributed by atoms with van der Waals surface area (Å²) in [6, 6.07) is 8.50. The molecule has 4 N–H and O–H groups in total. The van der Waals surface area contributed by atoms with Crippen molar-refractivity contribution >= 4 is 23.9 Å². The Bertz CT molecular complexity index is 873. The van der Waals surface area contributed by atoms with Gasteiger partial charge in [0.2, 0.25) is 0 Å². The zero-order chi connectivity index (χ0) is 18.0. The molecule has 2 rings (SSSR count). The number of carbonyl (C=O) groups is 4. The van der Waals surface area contributed by atoms with Crippen LogP contribution >= 0.6 is 0 Å². The first kappa shape index (κ1) is 20.2. The van der Waals surface area contributed by atoms with E-state index in [0.29, 0.717) is 0 Å². The van der Waals surface area contributed by atoms with Gasteiger partial charge in [-0.25, -0.2) is 19.2 Å². The molecule has 1 radical (unpaired) electrons. The summed E-state index contributed by atoms with van der Waals surface area (Å²) in [5.74, 6) is -7.04. The third-order valence-electron chi connectivity index (χ3n) is 3.28. The van der Waals surface area contributed by atoms with E-state index in [1.54, 1.807) is 18.2 Å². The average Bonchev–Trinajstić information content (AvgIpc) is 2.53. The predicted molar refractivity (Wildman–Crippen MR) is 79.7 cm³/mol. The van der Waals surface area contributed by atoms with Gasteiger partial charge in [0.1, 0.15) is 0 Å². The van der Waals surface area contributed by atoms with Gasteiger partial charge >= 0.3 is 23.9 Å². The van der Waals surface area contributed by atoms with Crippen LogP contribution in [0.4, 0.5) is 0 Å². The van der Waals surface area contributed by atoms with E-state index >= 15 is 0 Å². The molecule has 2 aromatic rings. The molecule has 0 spiro atoms. The summed E-state index contributed by atoms with van der Waals surface area (Å²) in [6.07, 6.45) is 0. The summed E-state index contributed by atoms with van der Waals surface area (Å²) < 4.78 is 0. The Morgan fingerprint density at radius 2 is 1.12 bits per heavy atom. The van der Waals surface area contributed by atoms with E-state index in [-0.39, 0.29) is 37.0 Å². The molecule has 0 unspecified atom stereocenters. The molecule has 0 heterocycles. The van der Waals surface area contributed by atoms with E-state index in [1.165, 1.54) is 12.1 Å². The van der Waals surface area contributed by atoms with Crippen LogP contribution in [-0.2, 0) is 25.8 Å². The first-order valence-corrected chi connectivity index (χ1v) is 6.45. The van der Waals surface area contributed by atoms with Crippen molar-refractivity contribution in [2.75, 3.05) is 0 Å². The van der Waals surface area contributed by atoms with Crippen LogP contribution in [0, 0.1) is 0 Å². The van der Waals surface area contributed by atoms with Gasteiger partial charge in [0.05, 0.1) is 22.3 Å². The second-order valence-electron chi connectivity index (χ2n) is 4.68. The van der Waals surface area contributed by atoms with Crippen molar-refractivity contribution in [3.63, 3.8) is 0 Å². The summed E-state index contributed by atoms with van der Waals surface area (Å²) in [5.41, 5.74) is -3.68. The van der Waals surface area contributed by atoms with Crippen molar-refractivity contribution in [1.29, 1.82) is 0 Å². The van der Waals surface area contributed by atoms with Crippen LogP contribution in [0.15, 0.2) is 36.4 Å². The van der Waals surface area contributed by atoms with E-state index < -0.39 is 46.1 Å². The first-order valence-electron chi connectivity index (χ1n) is 6.45. The van der Waals surface area contributed by atoms with Crippen LogP contribution in [0.3, 0.4) is 0 Å². The number of aromatic carboxylic acids is 4. The largest absolute Gasteiger partial charge is 0.478 e. The predicted octanol–water partition coefficient (Wildman–Crippen LogP) is 2.14. The fraction of sp³-hybridized carbons (Fsp3) is 0. The van der Waals surface area contributed by atoms with Crippen molar-refractivity contribution in [3.8, 4) is 11.1 Å². The number of rotatable bonds is 5. The third kappa shape index (κ3) is 3.82. The van der Waals surface area contributed by atoms with E-state index in [2.05, 4.69) is 0 Å². The second kappa shape index (κ2) is 7.84. The van der Waals surface area contributed by atoms with Gasteiger partial charge < -0.3 is 20.4 Å². The van der Waals surface area contributed by atoms with Gasteiger partial charge in [-0.05, 0) is 17.2 Å². The van der Waals surface area contributed by atoms with Gasteiger partial charge in [0, 0.05) is 25.8 Å². The fourth-order valence-corrected chi connectivity index (χ4v) is 2.36. The molecule has 8 nitrogen and oxygen atoms in total. The van der Waals surface area contributed by atoms with Crippen LogP contribution in [-0.4, -0.2) is 44.3 Å². The summed E-state index contributed by atoms with van der Waals surface area (Å²) in [7, 11) is 0. The van der Waals surface area contributed by atoms with Gasteiger partial charge in [-0.15, -0.1) is 0 Å². The zero-order valence-electron chi connectivity index (χ0n) is 12.5. The van der Waals surface area contributed by atoms with Crippen molar-refractivity contribution in [1.82, 2.24) is 0 Å². The molecule has 25 heavy (non-hydrogen) atoms. The maximum absolute atomic E-state index is 11.6. The molecule has 0 aromatic heterocycles. The normalized spacial score (nSPS) is 9.76. The molecular formula is C16H10O8Sc. The summed E-state index contributed by atoms with van der Waals surface area (Å²) in [5, 5.41) is 37.1. The van der Waals surface area contributed by atoms with Gasteiger partial charge in [0.25, 0.3) is 0 Å². The molecule has 0 aliphatic carbocycles. The zero-order valence-corrected chi connectivity index (χ0v) is 14.3. The van der Waals surface area contributed by atoms with Crippen molar-refractivity contribution < 1.29 is 65.4 Å². The molecule has 125 valence electrons. The van der Waals surface area contributed by atoms with Crippen LogP contribution in [0.5, 0.6) is 0 Å². The third-order valence-corrected chi connectivity index (χ3v) is 3.28. The van der Waals surface area contributed by atoms with Gasteiger partial charge in [-0.3, -0.25) is 0 Å². The smallest absolute Gasteiger partial charge is 0.337 e. The van der Waals surface area contributed by atoms with Crippen LogP contribution in [0.25, 0.3) is 11.1 Å². The molecule has 0 fully saturated rings. The molecule has 0 saturated heterocycles. The Kier molecular flexibility index (Phi) is 6.35. The molecule has 9 heteroatoms. The van der Waals surface area contributed by atoms with Crippen molar-refractivity contribution in [3.05, 3.63) is 58.7 Å².